The lowest BCUT2D eigenvalue weighted by atomic mass is 10.1. The fourth-order valence-corrected chi connectivity index (χ4v) is 2.48. The number of nitrogens with zero attached hydrogens (tertiary/aromatic N) is 2. The van der Waals surface area contributed by atoms with Gasteiger partial charge in [-0.15, -0.1) is 0 Å². The molecule has 0 unspecified atom stereocenters. The maximum atomic E-state index is 12.3. The number of nitrogens with one attached hydrogen (secondary N) is 1. The van der Waals surface area contributed by atoms with Crippen molar-refractivity contribution in [2.24, 2.45) is 7.05 Å². The van der Waals surface area contributed by atoms with Gasteiger partial charge in [-0.2, -0.15) is 5.10 Å². The van der Waals surface area contributed by atoms with E-state index < -0.39 is 0 Å². The number of amides is 1. The summed E-state index contributed by atoms with van der Waals surface area (Å²) < 4.78 is 6.67. The zero-order chi connectivity index (χ0) is 19.2. The monoisotopic (exact) mass is 361 g/mol. The van der Waals surface area contributed by atoms with E-state index in [1.54, 1.807) is 67.5 Å². The molecular formula is C21H19N3O3. The van der Waals surface area contributed by atoms with E-state index in [1.165, 1.54) is 12.3 Å². The summed E-state index contributed by atoms with van der Waals surface area (Å²) in [6.45, 7) is 0. The minimum Gasteiger partial charge on any atom is -0.497 e. The molecule has 0 radical (unpaired) electrons. The normalized spacial score (nSPS) is 10.7. The van der Waals surface area contributed by atoms with E-state index >= 15 is 0 Å². The van der Waals surface area contributed by atoms with Crippen LogP contribution in [0.4, 0.5) is 5.69 Å². The van der Waals surface area contributed by atoms with E-state index in [2.05, 4.69) is 10.4 Å². The van der Waals surface area contributed by atoms with Crippen LogP contribution in [0.3, 0.4) is 0 Å². The first-order valence-electron chi connectivity index (χ1n) is 8.32. The minimum absolute atomic E-state index is 0.129. The van der Waals surface area contributed by atoms with Crippen molar-refractivity contribution in [3.63, 3.8) is 0 Å². The first-order valence-corrected chi connectivity index (χ1v) is 8.32. The molecule has 0 bridgehead atoms. The van der Waals surface area contributed by atoms with Crippen molar-refractivity contribution in [3.05, 3.63) is 83.7 Å². The summed E-state index contributed by atoms with van der Waals surface area (Å²) in [5.74, 6) is 0.345. The molecule has 0 saturated heterocycles. The van der Waals surface area contributed by atoms with Crippen molar-refractivity contribution >= 4 is 23.5 Å². The second-order valence-corrected chi connectivity index (χ2v) is 5.91. The van der Waals surface area contributed by atoms with E-state index in [4.69, 9.17) is 4.74 Å². The van der Waals surface area contributed by atoms with Gasteiger partial charge in [-0.05, 0) is 48.0 Å². The van der Waals surface area contributed by atoms with Gasteiger partial charge in [0, 0.05) is 24.5 Å². The van der Waals surface area contributed by atoms with Gasteiger partial charge in [-0.1, -0.05) is 18.2 Å². The predicted octanol–water partition coefficient (Wildman–Crippen LogP) is 3.58. The predicted molar refractivity (Wildman–Crippen MR) is 104 cm³/mol. The summed E-state index contributed by atoms with van der Waals surface area (Å²) in [5, 5.41) is 6.83. The van der Waals surface area contributed by atoms with Crippen LogP contribution in [0, 0.1) is 0 Å². The van der Waals surface area contributed by atoms with Crippen LogP contribution in [0.2, 0.25) is 0 Å². The van der Waals surface area contributed by atoms with Gasteiger partial charge in [0.05, 0.1) is 18.9 Å². The molecule has 136 valence electrons. The third-order valence-corrected chi connectivity index (χ3v) is 3.91. The fourth-order valence-electron chi connectivity index (χ4n) is 2.48. The number of carbonyl (C=O) groups excluding carboxylic acids is 2. The third kappa shape index (κ3) is 4.70. The maximum Gasteiger partial charge on any atom is 0.255 e. The summed E-state index contributed by atoms with van der Waals surface area (Å²) in [7, 11) is 3.34. The molecule has 0 aliphatic heterocycles. The first-order chi connectivity index (χ1) is 13.0. The summed E-state index contributed by atoms with van der Waals surface area (Å²) in [6, 6.07) is 14.1. The number of carbonyl (C=O) groups is 2. The second kappa shape index (κ2) is 8.14. The molecule has 0 spiro atoms. The molecule has 3 rings (SSSR count). The van der Waals surface area contributed by atoms with Crippen molar-refractivity contribution in [2.45, 2.75) is 0 Å². The molecule has 0 atom stereocenters. The number of rotatable bonds is 6. The van der Waals surface area contributed by atoms with Gasteiger partial charge in [0.15, 0.2) is 5.78 Å². The highest BCUT2D eigenvalue weighted by Crippen LogP contribution is 2.16. The van der Waals surface area contributed by atoms with Gasteiger partial charge in [-0.3, -0.25) is 14.3 Å². The first kappa shape index (κ1) is 18.1. The molecule has 6 heteroatoms. The van der Waals surface area contributed by atoms with Crippen LogP contribution in [0.15, 0.2) is 67.0 Å². The van der Waals surface area contributed by atoms with E-state index in [0.29, 0.717) is 22.6 Å². The van der Waals surface area contributed by atoms with Gasteiger partial charge in [0.1, 0.15) is 5.75 Å². The number of aromatic nitrogens is 2. The molecule has 1 heterocycles. The second-order valence-electron chi connectivity index (χ2n) is 5.91. The number of ether oxygens (including phenoxy) is 1. The summed E-state index contributed by atoms with van der Waals surface area (Å²) >= 11 is 0. The SMILES string of the molecule is COc1ccc(C(=O)Nc2cccc(C=CC(=O)c3cnn(C)c3)c2)cc1. The van der Waals surface area contributed by atoms with Crippen LogP contribution in [-0.4, -0.2) is 28.6 Å². The number of benzene rings is 2. The number of methoxy groups -OCH3 is 1. The highest BCUT2D eigenvalue weighted by molar-refractivity contribution is 6.07. The Morgan fingerprint density at radius 1 is 1.11 bits per heavy atom. The smallest absolute Gasteiger partial charge is 0.255 e. The van der Waals surface area contributed by atoms with Gasteiger partial charge in [0.2, 0.25) is 0 Å². The van der Waals surface area contributed by atoms with Gasteiger partial charge in [0.25, 0.3) is 5.91 Å². The van der Waals surface area contributed by atoms with Crippen molar-refractivity contribution in [1.82, 2.24) is 9.78 Å². The molecule has 3 aromatic rings. The molecule has 27 heavy (non-hydrogen) atoms. The Kier molecular flexibility index (Phi) is 5.47. The average Bonchev–Trinajstić information content (AvgIpc) is 3.13. The fraction of sp³-hybridized carbons (Fsp3) is 0.0952. The lowest BCUT2D eigenvalue weighted by Crippen LogP contribution is -2.11. The molecule has 0 saturated carbocycles. The van der Waals surface area contributed by atoms with Gasteiger partial charge in [-0.25, -0.2) is 0 Å². The van der Waals surface area contributed by atoms with Crippen molar-refractivity contribution < 1.29 is 14.3 Å². The molecule has 0 aliphatic carbocycles. The highest BCUT2D eigenvalue weighted by Gasteiger charge is 2.07. The number of hydrogen-bond donors (Lipinski definition) is 1. The molecule has 6 nitrogen and oxygen atoms in total. The largest absolute Gasteiger partial charge is 0.497 e. The number of aryl methyl sites for hydroxylation is 1. The number of anilines is 1. The van der Waals surface area contributed by atoms with Crippen LogP contribution in [0.25, 0.3) is 6.08 Å². The van der Waals surface area contributed by atoms with Crippen LogP contribution >= 0.6 is 0 Å². The Bertz CT molecular complexity index is 988. The summed E-state index contributed by atoms with van der Waals surface area (Å²) in [4.78, 5) is 24.5. The molecule has 1 aromatic heterocycles. The van der Waals surface area contributed by atoms with Gasteiger partial charge >= 0.3 is 0 Å². The van der Waals surface area contributed by atoms with Crippen molar-refractivity contribution in [2.75, 3.05) is 12.4 Å². The number of hydrogen-bond acceptors (Lipinski definition) is 4. The molecule has 0 fully saturated rings. The molecule has 0 aliphatic rings. The number of allylic oxidation sites excluding steroid dienone is 1. The third-order valence-electron chi connectivity index (χ3n) is 3.91. The van der Waals surface area contributed by atoms with E-state index in [9.17, 15) is 9.59 Å². The molecule has 2 aromatic carbocycles. The quantitative estimate of drug-likeness (QED) is 0.538. The Balaban J connectivity index is 1.68. The van der Waals surface area contributed by atoms with Crippen LogP contribution in [0.1, 0.15) is 26.3 Å². The average molecular weight is 361 g/mol. The summed E-state index contributed by atoms with van der Waals surface area (Å²) in [6.07, 6.45) is 6.39. The Hall–Kier alpha value is -3.67. The number of ketones is 1. The lowest BCUT2D eigenvalue weighted by Gasteiger charge is -2.07. The van der Waals surface area contributed by atoms with Crippen LogP contribution in [-0.2, 0) is 7.05 Å². The van der Waals surface area contributed by atoms with Crippen LogP contribution in [0.5, 0.6) is 5.75 Å². The Morgan fingerprint density at radius 2 is 1.89 bits per heavy atom. The zero-order valence-corrected chi connectivity index (χ0v) is 15.0. The molecule has 1 amide bonds. The van der Waals surface area contributed by atoms with E-state index in [1.807, 2.05) is 12.1 Å². The minimum atomic E-state index is -0.217. The van der Waals surface area contributed by atoms with Crippen LogP contribution < -0.4 is 10.1 Å². The van der Waals surface area contributed by atoms with Gasteiger partial charge < -0.3 is 10.1 Å². The van der Waals surface area contributed by atoms with E-state index in [0.717, 1.165) is 5.56 Å². The summed E-state index contributed by atoms with van der Waals surface area (Å²) in [5.41, 5.74) is 2.51. The maximum absolute atomic E-state index is 12.3. The Morgan fingerprint density at radius 3 is 2.56 bits per heavy atom. The lowest BCUT2D eigenvalue weighted by molar-refractivity contribution is 0.102. The standard InChI is InChI=1S/C21H19N3O3/c1-24-14-17(13-22-24)20(25)11-6-15-4-3-5-18(12-15)23-21(26)16-7-9-19(27-2)10-8-16/h3-14H,1-2H3,(H,23,26). The topological polar surface area (TPSA) is 73.2 Å². The van der Waals surface area contributed by atoms with E-state index in [-0.39, 0.29) is 11.7 Å². The highest BCUT2D eigenvalue weighted by atomic mass is 16.5. The Labute approximate surface area is 157 Å². The van der Waals surface area contributed by atoms with Crippen molar-refractivity contribution in [1.29, 1.82) is 0 Å². The van der Waals surface area contributed by atoms with Crippen molar-refractivity contribution in [3.8, 4) is 5.75 Å². The zero-order valence-electron chi connectivity index (χ0n) is 15.0. The molecular weight excluding hydrogens is 342 g/mol. The molecule has 1 N–H and O–H groups in total.